The molecule has 1 aromatic carbocycles. The van der Waals surface area contributed by atoms with Crippen LogP contribution in [-0.4, -0.2) is 12.7 Å². The van der Waals surface area contributed by atoms with Crippen molar-refractivity contribution < 1.29 is 4.74 Å². The zero-order chi connectivity index (χ0) is 13.1. The van der Waals surface area contributed by atoms with Crippen molar-refractivity contribution in [3.8, 4) is 0 Å². The van der Waals surface area contributed by atoms with Gasteiger partial charge in [-0.05, 0) is 50.8 Å². The van der Waals surface area contributed by atoms with Gasteiger partial charge in [-0.2, -0.15) is 0 Å². The van der Waals surface area contributed by atoms with E-state index in [1.807, 2.05) is 12.1 Å². The lowest BCUT2D eigenvalue weighted by Crippen LogP contribution is -2.25. The van der Waals surface area contributed by atoms with Gasteiger partial charge in [-0.3, -0.25) is 0 Å². The summed E-state index contributed by atoms with van der Waals surface area (Å²) in [5.74, 6) is 0. The highest BCUT2D eigenvalue weighted by Crippen LogP contribution is 2.28. The Morgan fingerprint density at radius 2 is 2.06 bits per heavy atom. The quantitative estimate of drug-likeness (QED) is 0.893. The number of hydrogen-bond acceptors (Lipinski definition) is 2. The fraction of sp³-hybridized carbons (Fsp3) is 0.571. The molecule has 1 aromatic rings. The Hall–Kier alpha value is -0.380. The molecule has 17 heavy (non-hydrogen) atoms. The normalized spacial score (nSPS) is 13.8. The van der Waals surface area contributed by atoms with Crippen LogP contribution in [0.4, 0.5) is 0 Å². The Bertz CT molecular complexity index is 376. The molecule has 0 heterocycles. The molecule has 0 bridgehead atoms. The summed E-state index contributed by atoms with van der Waals surface area (Å²) < 4.78 is 6.53. The fourth-order valence-corrected chi connectivity index (χ4v) is 2.17. The first-order valence-corrected chi connectivity index (χ1v) is 6.72. The molecule has 2 N–H and O–H groups in total. The molecule has 0 saturated carbocycles. The standard InChI is InChI=1S/C14H22BrNO/c1-10-11(6-5-7-12(10)15)13(16)8-9-14(2,3)17-4/h5-7,13H,8-9,16H2,1-4H3. The largest absolute Gasteiger partial charge is 0.379 e. The highest BCUT2D eigenvalue weighted by molar-refractivity contribution is 9.10. The summed E-state index contributed by atoms with van der Waals surface area (Å²) in [6.45, 7) is 6.28. The molecule has 1 unspecified atom stereocenters. The van der Waals surface area contributed by atoms with Crippen LogP contribution in [-0.2, 0) is 4.74 Å². The molecule has 0 saturated heterocycles. The van der Waals surface area contributed by atoms with E-state index in [4.69, 9.17) is 10.5 Å². The maximum Gasteiger partial charge on any atom is 0.0623 e. The van der Waals surface area contributed by atoms with Crippen LogP contribution in [0.15, 0.2) is 22.7 Å². The molecule has 96 valence electrons. The van der Waals surface area contributed by atoms with Gasteiger partial charge in [0.2, 0.25) is 0 Å². The minimum Gasteiger partial charge on any atom is -0.379 e. The van der Waals surface area contributed by atoms with Gasteiger partial charge in [0.15, 0.2) is 0 Å². The van der Waals surface area contributed by atoms with Crippen LogP contribution in [0.1, 0.15) is 43.9 Å². The van der Waals surface area contributed by atoms with E-state index in [1.165, 1.54) is 11.1 Å². The van der Waals surface area contributed by atoms with Gasteiger partial charge >= 0.3 is 0 Å². The van der Waals surface area contributed by atoms with Crippen molar-refractivity contribution in [2.24, 2.45) is 5.73 Å². The van der Waals surface area contributed by atoms with E-state index in [9.17, 15) is 0 Å². The molecule has 3 heteroatoms. The van der Waals surface area contributed by atoms with Crippen molar-refractivity contribution in [2.75, 3.05) is 7.11 Å². The summed E-state index contributed by atoms with van der Waals surface area (Å²) in [5, 5.41) is 0. The molecule has 0 radical (unpaired) electrons. The zero-order valence-corrected chi connectivity index (χ0v) is 12.7. The minimum absolute atomic E-state index is 0.0712. The lowest BCUT2D eigenvalue weighted by atomic mass is 9.93. The average molecular weight is 300 g/mol. The van der Waals surface area contributed by atoms with Crippen LogP contribution in [0.25, 0.3) is 0 Å². The van der Waals surface area contributed by atoms with Gasteiger partial charge in [0.05, 0.1) is 5.60 Å². The van der Waals surface area contributed by atoms with Crippen LogP contribution < -0.4 is 5.73 Å². The van der Waals surface area contributed by atoms with Gasteiger partial charge in [0.25, 0.3) is 0 Å². The third kappa shape index (κ3) is 4.09. The second-order valence-electron chi connectivity index (χ2n) is 5.06. The monoisotopic (exact) mass is 299 g/mol. The summed E-state index contributed by atoms with van der Waals surface area (Å²) in [7, 11) is 1.75. The topological polar surface area (TPSA) is 35.2 Å². The maximum atomic E-state index is 6.25. The van der Waals surface area contributed by atoms with E-state index in [0.29, 0.717) is 0 Å². The van der Waals surface area contributed by atoms with Gasteiger partial charge in [-0.1, -0.05) is 28.1 Å². The molecule has 0 aliphatic heterocycles. The number of nitrogens with two attached hydrogens (primary N) is 1. The Labute approximate surface area is 113 Å². The second kappa shape index (κ2) is 5.98. The third-order valence-electron chi connectivity index (χ3n) is 3.32. The van der Waals surface area contributed by atoms with Crippen molar-refractivity contribution in [3.63, 3.8) is 0 Å². The van der Waals surface area contributed by atoms with Crippen LogP contribution in [0.2, 0.25) is 0 Å². The first-order chi connectivity index (χ1) is 7.87. The van der Waals surface area contributed by atoms with Crippen molar-refractivity contribution in [1.29, 1.82) is 0 Å². The minimum atomic E-state index is -0.0997. The highest BCUT2D eigenvalue weighted by Gasteiger charge is 2.19. The lowest BCUT2D eigenvalue weighted by molar-refractivity contribution is 0.0125. The van der Waals surface area contributed by atoms with Crippen LogP contribution in [0, 0.1) is 6.92 Å². The molecule has 0 aliphatic rings. The van der Waals surface area contributed by atoms with E-state index in [0.717, 1.165) is 17.3 Å². The van der Waals surface area contributed by atoms with Crippen molar-refractivity contribution in [2.45, 2.75) is 45.3 Å². The molecule has 1 atom stereocenters. The van der Waals surface area contributed by atoms with E-state index >= 15 is 0 Å². The fourth-order valence-electron chi connectivity index (χ4n) is 1.79. The van der Waals surface area contributed by atoms with Gasteiger partial charge < -0.3 is 10.5 Å². The Kier molecular flexibility index (Phi) is 5.17. The first kappa shape index (κ1) is 14.7. The van der Waals surface area contributed by atoms with Gasteiger partial charge in [-0.25, -0.2) is 0 Å². The summed E-state index contributed by atoms with van der Waals surface area (Å²) in [6, 6.07) is 6.25. The van der Waals surface area contributed by atoms with Crippen molar-refractivity contribution >= 4 is 15.9 Å². The summed E-state index contributed by atoms with van der Waals surface area (Å²) >= 11 is 3.54. The molecule has 0 aromatic heterocycles. The predicted octanol–water partition coefficient (Wildman–Crippen LogP) is 3.96. The van der Waals surface area contributed by atoms with Crippen LogP contribution in [0.3, 0.4) is 0 Å². The number of hydrogen-bond donors (Lipinski definition) is 1. The van der Waals surface area contributed by atoms with E-state index in [-0.39, 0.29) is 11.6 Å². The van der Waals surface area contributed by atoms with E-state index in [1.54, 1.807) is 7.11 Å². The predicted molar refractivity (Wildman–Crippen MR) is 76.1 cm³/mol. The summed E-state index contributed by atoms with van der Waals surface area (Å²) in [6.07, 6.45) is 1.88. The highest BCUT2D eigenvalue weighted by atomic mass is 79.9. The smallest absolute Gasteiger partial charge is 0.0623 e. The number of ether oxygens (including phenoxy) is 1. The molecular formula is C14H22BrNO. The van der Waals surface area contributed by atoms with E-state index in [2.05, 4.69) is 42.8 Å². The molecule has 0 amide bonds. The third-order valence-corrected chi connectivity index (χ3v) is 4.18. The van der Waals surface area contributed by atoms with Crippen molar-refractivity contribution in [3.05, 3.63) is 33.8 Å². The van der Waals surface area contributed by atoms with E-state index < -0.39 is 0 Å². The lowest BCUT2D eigenvalue weighted by Gasteiger charge is -2.25. The zero-order valence-electron chi connectivity index (χ0n) is 11.1. The summed E-state index contributed by atoms with van der Waals surface area (Å²) in [5.41, 5.74) is 8.60. The maximum absolute atomic E-state index is 6.25. The Balaban J connectivity index is 2.71. The molecule has 0 fully saturated rings. The molecule has 2 nitrogen and oxygen atoms in total. The number of benzene rings is 1. The molecule has 0 aliphatic carbocycles. The first-order valence-electron chi connectivity index (χ1n) is 5.93. The Morgan fingerprint density at radius 3 is 2.65 bits per heavy atom. The molecular weight excluding hydrogens is 278 g/mol. The van der Waals surface area contributed by atoms with Crippen LogP contribution in [0.5, 0.6) is 0 Å². The van der Waals surface area contributed by atoms with Crippen molar-refractivity contribution in [1.82, 2.24) is 0 Å². The van der Waals surface area contributed by atoms with Gasteiger partial charge in [-0.15, -0.1) is 0 Å². The average Bonchev–Trinajstić information content (AvgIpc) is 2.30. The van der Waals surface area contributed by atoms with Gasteiger partial charge in [0.1, 0.15) is 0 Å². The number of rotatable bonds is 5. The number of methoxy groups -OCH3 is 1. The molecule has 1 rings (SSSR count). The number of halogens is 1. The van der Waals surface area contributed by atoms with Crippen LogP contribution >= 0.6 is 15.9 Å². The molecule has 0 spiro atoms. The summed E-state index contributed by atoms with van der Waals surface area (Å²) in [4.78, 5) is 0. The van der Waals surface area contributed by atoms with Gasteiger partial charge in [0, 0.05) is 17.6 Å². The SMILES string of the molecule is COC(C)(C)CCC(N)c1cccc(Br)c1C. The second-order valence-corrected chi connectivity index (χ2v) is 5.92. The Morgan fingerprint density at radius 1 is 1.41 bits per heavy atom.